The topological polar surface area (TPSA) is 9.23 Å². The highest BCUT2D eigenvalue weighted by molar-refractivity contribution is 4.50. The molecule has 1 radical (unpaired) electrons. The second-order valence-corrected chi connectivity index (χ2v) is 2.05. The van der Waals surface area contributed by atoms with Crippen molar-refractivity contribution in [2.45, 2.75) is 26.7 Å². The number of ether oxygens (including phenoxy) is 1. The lowest BCUT2D eigenvalue weighted by atomic mass is 10.1. The molecule has 0 heterocycles. The average Bonchev–Trinajstić information content (AvgIpc) is 1.83. The van der Waals surface area contributed by atoms with Crippen LogP contribution in [0.3, 0.4) is 0 Å². The molecular weight excluding hydrogens is 100 g/mol. The lowest BCUT2D eigenvalue weighted by Gasteiger charge is -2.08. The Kier molecular flexibility index (Phi) is 5.08. The van der Waals surface area contributed by atoms with Gasteiger partial charge in [0.1, 0.15) is 0 Å². The molecule has 0 aromatic heterocycles. The molecule has 1 heteroatoms. The van der Waals surface area contributed by atoms with Crippen LogP contribution in [0.15, 0.2) is 0 Å². The summed E-state index contributed by atoms with van der Waals surface area (Å²) in [5, 5.41) is 0. The fourth-order valence-electron chi connectivity index (χ4n) is 0.691. The van der Waals surface area contributed by atoms with E-state index in [0.29, 0.717) is 5.92 Å². The van der Waals surface area contributed by atoms with Crippen molar-refractivity contribution in [3.8, 4) is 0 Å². The highest BCUT2D eigenvalue weighted by Crippen LogP contribution is 2.06. The van der Waals surface area contributed by atoms with Crippen LogP contribution in [-0.4, -0.2) is 6.61 Å². The van der Waals surface area contributed by atoms with Crippen LogP contribution in [0.1, 0.15) is 26.7 Å². The predicted molar refractivity (Wildman–Crippen MR) is 35.4 cm³/mol. The summed E-state index contributed by atoms with van der Waals surface area (Å²) in [6.45, 7) is 5.16. The monoisotopic (exact) mass is 115 g/mol. The van der Waals surface area contributed by atoms with E-state index >= 15 is 0 Å². The molecule has 8 heavy (non-hydrogen) atoms. The zero-order chi connectivity index (χ0) is 6.41. The third-order valence-electron chi connectivity index (χ3n) is 1.51. The van der Waals surface area contributed by atoms with Gasteiger partial charge in [0.05, 0.1) is 7.11 Å². The van der Waals surface area contributed by atoms with Gasteiger partial charge in [-0.25, -0.2) is 0 Å². The Hall–Kier alpha value is -0.0400. The van der Waals surface area contributed by atoms with Crippen LogP contribution in [0.2, 0.25) is 0 Å². The highest BCUT2D eigenvalue weighted by atomic mass is 16.5. The molecule has 0 saturated carbocycles. The molecule has 0 aromatic rings. The molecule has 0 spiro atoms. The number of hydrogen-bond acceptors (Lipinski definition) is 1. The van der Waals surface area contributed by atoms with Gasteiger partial charge in [0.2, 0.25) is 0 Å². The van der Waals surface area contributed by atoms with Crippen molar-refractivity contribution >= 4 is 0 Å². The molecule has 0 atom stereocenters. The molecule has 0 saturated heterocycles. The van der Waals surface area contributed by atoms with Crippen LogP contribution in [0.5, 0.6) is 0 Å². The molecule has 0 fully saturated rings. The maximum atomic E-state index is 4.74. The molecule has 1 nitrogen and oxygen atoms in total. The first-order valence-corrected chi connectivity index (χ1v) is 3.22. The van der Waals surface area contributed by atoms with Crippen LogP contribution in [0, 0.1) is 13.0 Å². The van der Waals surface area contributed by atoms with Crippen molar-refractivity contribution < 1.29 is 4.74 Å². The third kappa shape index (κ3) is 3.03. The number of rotatable bonds is 4. The van der Waals surface area contributed by atoms with Crippen LogP contribution in [0.25, 0.3) is 0 Å². The maximum Gasteiger partial charge on any atom is 0.0700 e. The Morgan fingerprint density at radius 3 is 2.00 bits per heavy atom. The first-order valence-electron chi connectivity index (χ1n) is 3.22. The minimum Gasteiger partial charge on any atom is -0.379 e. The summed E-state index contributed by atoms with van der Waals surface area (Å²) in [4.78, 5) is 0. The normalized spacial score (nSPS) is 10.5. The SMILES string of the molecule is [CH2]OCC(CC)CC. The first-order chi connectivity index (χ1) is 3.85. The first kappa shape index (κ1) is 7.96. The molecular formula is C7H15O. The zero-order valence-corrected chi connectivity index (χ0v) is 5.81. The molecule has 0 aromatic carbocycles. The van der Waals surface area contributed by atoms with Gasteiger partial charge in [0, 0.05) is 6.61 Å². The quantitative estimate of drug-likeness (QED) is 0.546. The van der Waals surface area contributed by atoms with Crippen molar-refractivity contribution in [1.29, 1.82) is 0 Å². The molecule has 0 aliphatic heterocycles. The van der Waals surface area contributed by atoms with E-state index in [1.54, 1.807) is 0 Å². The van der Waals surface area contributed by atoms with E-state index in [-0.39, 0.29) is 0 Å². The van der Waals surface area contributed by atoms with Crippen molar-refractivity contribution in [1.82, 2.24) is 0 Å². The van der Waals surface area contributed by atoms with Gasteiger partial charge in [-0.1, -0.05) is 26.7 Å². The minimum atomic E-state index is 0.715. The van der Waals surface area contributed by atoms with Crippen LogP contribution < -0.4 is 0 Å². The van der Waals surface area contributed by atoms with Gasteiger partial charge in [0.25, 0.3) is 0 Å². The molecule has 0 aliphatic rings. The number of hydrogen-bond donors (Lipinski definition) is 0. The van der Waals surface area contributed by atoms with Gasteiger partial charge in [-0.15, -0.1) is 0 Å². The van der Waals surface area contributed by atoms with E-state index < -0.39 is 0 Å². The van der Waals surface area contributed by atoms with Crippen LogP contribution in [0.4, 0.5) is 0 Å². The molecule has 0 N–H and O–H groups in total. The second kappa shape index (κ2) is 5.10. The van der Waals surface area contributed by atoms with E-state index in [9.17, 15) is 0 Å². The third-order valence-corrected chi connectivity index (χ3v) is 1.51. The highest BCUT2D eigenvalue weighted by Gasteiger charge is 1.99. The van der Waals surface area contributed by atoms with E-state index in [1.807, 2.05) is 0 Å². The fourth-order valence-corrected chi connectivity index (χ4v) is 0.691. The summed E-state index contributed by atoms with van der Waals surface area (Å²) in [5.41, 5.74) is 0. The van der Waals surface area contributed by atoms with Crippen LogP contribution >= 0.6 is 0 Å². The lowest BCUT2D eigenvalue weighted by Crippen LogP contribution is -2.03. The molecule has 0 aliphatic carbocycles. The predicted octanol–water partition coefficient (Wildman–Crippen LogP) is 2.23. The van der Waals surface area contributed by atoms with Gasteiger partial charge < -0.3 is 4.74 Å². The van der Waals surface area contributed by atoms with Gasteiger partial charge in [-0.2, -0.15) is 0 Å². The van der Waals surface area contributed by atoms with Gasteiger partial charge in [-0.05, 0) is 5.92 Å². The Balaban J connectivity index is 3.07. The Morgan fingerprint density at radius 1 is 1.38 bits per heavy atom. The summed E-state index contributed by atoms with van der Waals surface area (Å²) < 4.78 is 4.74. The summed E-state index contributed by atoms with van der Waals surface area (Å²) in [5.74, 6) is 0.715. The van der Waals surface area contributed by atoms with Crippen LogP contribution in [-0.2, 0) is 4.74 Å². The van der Waals surface area contributed by atoms with Crippen molar-refractivity contribution in [2.75, 3.05) is 6.61 Å². The molecule has 0 amide bonds. The molecule has 0 unspecified atom stereocenters. The van der Waals surface area contributed by atoms with Gasteiger partial charge in [-0.3, -0.25) is 0 Å². The smallest absolute Gasteiger partial charge is 0.0700 e. The molecule has 0 bridgehead atoms. The fraction of sp³-hybridized carbons (Fsp3) is 0.857. The summed E-state index contributed by atoms with van der Waals surface area (Å²) in [6, 6.07) is 0. The summed E-state index contributed by atoms with van der Waals surface area (Å²) in [6.07, 6.45) is 2.40. The summed E-state index contributed by atoms with van der Waals surface area (Å²) >= 11 is 0. The lowest BCUT2D eigenvalue weighted by molar-refractivity contribution is 0.182. The van der Waals surface area contributed by atoms with Crippen molar-refractivity contribution in [3.63, 3.8) is 0 Å². The van der Waals surface area contributed by atoms with Crippen molar-refractivity contribution in [3.05, 3.63) is 7.11 Å². The zero-order valence-electron chi connectivity index (χ0n) is 5.81. The Morgan fingerprint density at radius 2 is 1.88 bits per heavy atom. The van der Waals surface area contributed by atoms with E-state index in [0.717, 1.165) is 6.61 Å². The average molecular weight is 115 g/mol. The Bertz CT molecular complexity index is 39.7. The van der Waals surface area contributed by atoms with Gasteiger partial charge >= 0.3 is 0 Å². The molecule has 0 rings (SSSR count). The standard InChI is InChI=1S/C7H15O/c1-4-7(5-2)6-8-3/h7H,3-6H2,1-2H3. The molecule has 49 valence electrons. The van der Waals surface area contributed by atoms with E-state index in [4.69, 9.17) is 4.74 Å². The second-order valence-electron chi connectivity index (χ2n) is 2.05. The van der Waals surface area contributed by atoms with E-state index in [1.165, 1.54) is 12.8 Å². The Labute approximate surface area is 52.0 Å². The minimum absolute atomic E-state index is 0.715. The maximum absolute atomic E-state index is 4.74. The van der Waals surface area contributed by atoms with E-state index in [2.05, 4.69) is 21.0 Å². The van der Waals surface area contributed by atoms with Crippen molar-refractivity contribution in [2.24, 2.45) is 5.92 Å². The largest absolute Gasteiger partial charge is 0.379 e. The van der Waals surface area contributed by atoms with Gasteiger partial charge in [0.15, 0.2) is 0 Å². The summed E-state index contributed by atoms with van der Waals surface area (Å²) in [7, 11) is 3.32.